The molecular formula is C14H21N5O3. The molecule has 2 saturated heterocycles. The molecule has 8 nitrogen and oxygen atoms in total. The van der Waals surface area contributed by atoms with Crippen molar-refractivity contribution in [2.24, 2.45) is 12.5 Å². The maximum atomic E-state index is 12.3. The molecular weight excluding hydrogens is 286 g/mol. The minimum Gasteiger partial charge on any atom is -0.345 e. The number of amides is 2. The third-order valence-electron chi connectivity index (χ3n) is 4.97. The fourth-order valence-electron chi connectivity index (χ4n) is 3.40. The van der Waals surface area contributed by atoms with E-state index in [-0.39, 0.29) is 29.5 Å². The van der Waals surface area contributed by atoms with Crippen LogP contribution < -0.4 is 5.69 Å². The van der Waals surface area contributed by atoms with Crippen LogP contribution in [0.2, 0.25) is 0 Å². The summed E-state index contributed by atoms with van der Waals surface area (Å²) in [6.45, 7) is 1.90. The smallest absolute Gasteiger partial charge is 0.345 e. The molecule has 1 aromatic heterocycles. The van der Waals surface area contributed by atoms with Crippen LogP contribution in [-0.4, -0.2) is 62.6 Å². The van der Waals surface area contributed by atoms with E-state index < -0.39 is 0 Å². The van der Waals surface area contributed by atoms with Gasteiger partial charge in [0.25, 0.3) is 0 Å². The third kappa shape index (κ3) is 2.32. The zero-order valence-corrected chi connectivity index (χ0v) is 13.0. The van der Waals surface area contributed by atoms with Gasteiger partial charge in [-0.1, -0.05) is 0 Å². The van der Waals surface area contributed by atoms with Crippen LogP contribution in [0.1, 0.15) is 19.3 Å². The second-order valence-electron chi connectivity index (χ2n) is 6.32. The standard InChI is InChI=1S/C14H21N5O3/c1-16-6-3-14(12(16)21)4-7-18(8-5-14)11(20)9-19-13(22)17(2)10-15-19/h10H,3-9H2,1-2H3. The second-order valence-corrected chi connectivity index (χ2v) is 6.32. The van der Waals surface area contributed by atoms with E-state index in [9.17, 15) is 14.4 Å². The number of hydrogen-bond acceptors (Lipinski definition) is 4. The Bertz CT molecular complexity index is 654. The minimum atomic E-state index is -0.297. The van der Waals surface area contributed by atoms with E-state index in [1.54, 1.807) is 16.8 Å². The average molecular weight is 307 g/mol. The zero-order chi connectivity index (χ0) is 15.9. The Morgan fingerprint density at radius 3 is 2.32 bits per heavy atom. The van der Waals surface area contributed by atoms with Crippen LogP contribution in [-0.2, 0) is 23.2 Å². The van der Waals surface area contributed by atoms with Crippen LogP contribution in [0.4, 0.5) is 0 Å². The summed E-state index contributed by atoms with van der Waals surface area (Å²) in [7, 11) is 3.44. The van der Waals surface area contributed by atoms with Gasteiger partial charge in [0.1, 0.15) is 12.9 Å². The van der Waals surface area contributed by atoms with Gasteiger partial charge >= 0.3 is 5.69 Å². The van der Waals surface area contributed by atoms with E-state index in [1.807, 2.05) is 7.05 Å². The van der Waals surface area contributed by atoms with Crippen molar-refractivity contribution in [2.75, 3.05) is 26.7 Å². The molecule has 1 spiro atoms. The van der Waals surface area contributed by atoms with Gasteiger partial charge in [0.15, 0.2) is 0 Å². The highest BCUT2D eigenvalue weighted by molar-refractivity contribution is 5.85. The Morgan fingerprint density at radius 2 is 1.82 bits per heavy atom. The molecule has 0 unspecified atom stereocenters. The molecule has 120 valence electrons. The van der Waals surface area contributed by atoms with Crippen LogP contribution in [0.25, 0.3) is 0 Å². The molecule has 22 heavy (non-hydrogen) atoms. The number of aryl methyl sites for hydroxylation is 1. The van der Waals surface area contributed by atoms with Crippen molar-refractivity contribution in [2.45, 2.75) is 25.8 Å². The summed E-state index contributed by atoms with van der Waals surface area (Å²) >= 11 is 0. The van der Waals surface area contributed by atoms with Crippen LogP contribution in [0.3, 0.4) is 0 Å². The fraction of sp³-hybridized carbons (Fsp3) is 0.714. The molecule has 2 aliphatic rings. The summed E-state index contributed by atoms with van der Waals surface area (Å²) in [5.41, 5.74) is -0.567. The number of likely N-dealkylation sites (tertiary alicyclic amines) is 2. The van der Waals surface area contributed by atoms with E-state index in [0.717, 1.165) is 13.0 Å². The number of rotatable bonds is 2. The van der Waals surface area contributed by atoms with E-state index in [4.69, 9.17) is 0 Å². The average Bonchev–Trinajstić information content (AvgIpc) is 2.97. The first-order valence-electron chi connectivity index (χ1n) is 7.55. The van der Waals surface area contributed by atoms with Crippen molar-refractivity contribution < 1.29 is 9.59 Å². The topological polar surface area (TPSA) is 80.4 Å². The maximum absolute atomic E-state index is 12.3. The van der Waals surface area contributed by atoms with Crippen molar-refractivity contribution in [1.29, 1.82) is 0 Å². The first-order valence-corrected chi connectivity index (χ1v) is 7.55. The molecule has 0 atom stereocenters. The first-order chi connectivity index (χ1) is 10.4. The summed E-state index contributed by atoms with van der Waals surface area (Å²) in [6, 6.07) is 0. The third-order valence-corrected chi connectivity index (χ3v) is 4.97. The van der Waals surface area contributed by atoms with Gasteiger partial charge in [-0.15, -0.1) is 0 Å². The fourth-order valence-corrected chi connectivity index (χ4v) is 3.40. The monoisotopic (exact) mass is 307 g/mol. The van der Waals surface area contributed by atoms with Crippen molar-refractivity contribution in [3.05, 3.63) is 16.8 Å². The number of carbonyl (C=O) groups is 2. The Kier molecular flexibility index (Phi) is 3.54. The largest absolute Gasteiger partial charge is 0.345 e. The molecule has 2 fully saturated rings. The molecule has 0 radical (unpaired) electrons. The number of aromatic nitrogens is 3. The molecule has 8 heteroatoms. The Hall–Kier alpha value is -2.12. The quantitative estimate of drug-likeness (QED) is 0.706. The number of hydrogen-bond donors (Lipinski definition) is 0. The SMILES string of the molecule is CN1CCC2(CCN(C(=O)Cn3ncn(C)c3=O)CC2)C1=O. The summed E-state index contributed by atoms with van der Waals surface area (Å²) < 4.78 is 2.51. The lowest BCUT2D eigenvalue weighted by Crippen LogP contribution is -2.47. The second kappa shape index (κ2) is 5.26. The van der Waals surface area contributed by atoms with Crippen LogP contribution in [0.5, 0.6) is 0 Å². The lowest BCUT2D eigenvalue weighted by atomic mass is 9.77. The molecule has 3 rings (SSSR count). The first kappa shape index (κ1) is 14.8. The van der Waals surface area contributed by atoms with Crippen molar-refractivity contribution in [3.8, 4) is 0 Å². The minimum absolute atomic E-state index is 0.0411. The summed E-state index contributed by atoms with van der Waals surface area (Å²) in [4.78, 5) is 39.8. The van der Waals surface area contributed by atoms with Gasteiger partial charge in [-0.2, -0.15) is 5.10 Å². The van der Waals surface area contributed by atoms with Gasteiger partial charge in [-0.05, 0) is 19.3 Å². The number of carbonyl (C=O) groups excluding carboxylic acids is 2. The predicted octanol–water partition coefficient (Wildman–Crippen LogP) is -0.947. The van der Waals surface area contributed by atoms with Crippen molar-refractivity contribution >= 4 is 11.8 Å². The summed E-state index contributed by atoms with van der Waals surface area (Å²) in [5.74, 6) is 0.0926. The Labute approximate surface area is 128 Å². The van der Waals surface area contributed by atoms with Crippen LogP contribution >= 0.6 is 0 Å². The summed E-state index contributed by atoms with van der Waals surface area (Å²) in [5, 5.41) is 3.90. The van der Waals surface area contributed by atoms with E-state index >= 15 is 0 Å². The molecule has 1 aromatic rings. The van der Waals surface area contributed by atoms with Crippen LogP contribution in [0, 0.1) is 5.41 Å². The molecule has 2 amide bonds. The van der Waals surface area contributed by atoms with E-state index in [0.29, 0.717) is 25.9 Å². The van der Waals surface area contributed by atoms with Crippen LogP contribution in [0.15, 0.2) is 11.1 Å². The molecule has 0 aromatic carbocycles. The van der Waals surface area contributed by atoms with Gasteiger partial charge < -0.3 is 9.80 Å². The maximum Gasteiger partial charge on any atom is 0.345 e. The van der Waals surface area contributed by atoms with E-state index in [1.165, 1.54) is 15.6 Å². The Morgan fingerprint density at radius 1 is 1.18 bits per heavy atom. The Balaban J connectivity index is 1.62. The highest BCUT2D eigenvalue weighted by atomic mass is 16.2. The van der Waals surface area contributed by atoms with Gasteiger partial charge in [-0.25, -0.2) is 9.48 Å². The van der Waals surface area contributed by atoms with Gasteiger partial charge in [0.05, 0.1) is 5.41 Å². The molecule has 0 saturated carbocycles. The van der Waals surface area contributed by atoms with E-state index in [2.05, 4.69) is 5.10 Å². The van der Waals surface area contributed by atoms with Crippen molar-refractivity contribution in [3.63, 3.8) is 0 Å². The molecule has 2 aliphatic heterocycles. The van der Waals surface area contributed by atoms with Gasteiger partial charge in [-0.3, -0.25) is 14.2 Å². The molecule has 0 aliphatic carbocycles. The highest BCUT2D eigenvalue weighted by Gasteiger charge is 2.47. The zero-order valence-electron chi connectivity index (χ0n) is 13.0. The molecule has 0 N–H and O–H groups in total. The number of piperidine rings is 1. The van der Waals surface area contributed by atoms with Gasteiger partial charge in [0.2, 0.25) is 11.8 Å². The molecule has 3 heterocycles. The predicted molar refractivity (Wildman–Crippen MR) is 78.0 cm³/mol. The lowest BCUT2D eigenvalue weighted by Gasteiger charge is -2.37. The molecule has 0 bridgehead atoms. The highest BCUT2D eigenvalue weighted by Crippen LogP contribution is 2.40. The lowest BCUT2D eigenvalue weighted by molar-refractivity contribution is -0.142. The normalized spacial score (nSPS) is 20.9. The summed E-state index contributed by atoms with van der Waals surface area (Å²) in [6.07, 6.45) is 3.69. The number of nitrogens with zero attached hydrogens (tertiary/aromatic N) is 5. The van der Waals surface area contributed by atoms with Crippen molar-refractivity contribution in [1.82, 2.24) is 24.1 Å². The van der Waals surface area contributed by atoms with Gasteiger partial charge in [0, 0.05) is 33.7 Å².